The quantitative estimate of drug-likeness (QED) is 0.497. The number of hydrogen-bond acceptors (Lipinski definition) is 3. The van der Waals surface area contributed by atoms with Gasteiger partial charge < -0.3 is 5.32 Å². The Morgan fingerprint density at radius 3 is 2.84 bits per heavy atom. The number of alkyl halides is 1. The molecule has 5 nitrogen and oxygen atoms in total. The van der Waals surface area contributed by atoms with E-state index in [4.69, 9.17) is 11.6 Å². The third-order valence-electron chi connectivity index (χ3n) is 2.55. The zero-order valence-corrected chi connectivity index (χ0v) is 11.1. The molecule has 0 aliphatic rings. The molecule has 7 heteroatoms. The van der Waals surface area contributed by atoms with Gasteiger partial charge in [-0.2, -0.15) is 0 Å². The van der Waals surface area contributed by atoms with E-state index in [1.165, 1.54) is 0 Å². The molecule has 0 heterocycles. The number of benzene rings is 1. The van der Waals surface area contributed by atoms with Crippen molar-refractivity contribution in [2.45, 2.75) is 25.8 Å². The average Bonchev–Trinajstić information content (AvgIpc) is 2.35. The van der Waals surface area contributed by atoms with Crippen molar-refractivity contribution in [1.82, 2.24) is 5.32 Å². The summed E-state index contributed by atoms with van der Waals surface area (Å²) in [4.78, 5) is 21.9. The fourth-order valence-corrected chi connectivity index (χ4v) is 1.76. The molecular weight excluding hydrogens is 275 g/mol. The van der Waals surface area contributed by atoms with Gasteiger partial charge in [-0.25, -0.2) is 4.39 Å². The van der Waals surface area contributed by atoms with Gasteiger partial charge in [0.15, 0.2) is 0 Å². The summed E-state index contributed by atoms with van der Waals surface area (Å²) >= 11 is 5.54. The molecule has 1 amide bonds. The maximum absolute atomic E-state index is 12.9. The van der Waals surface area contributed by atoms with Crippen LogP contribution in [0.15, 0.2) is 18.2 Å². The van der Waals surface area contributed by atoms with Crippen molar-refractivity contribution in [2.24, 2.45) is 0 Å². The highest BCUT2D eigenvalue weighted by molar-refractivity contribution is 6.17. The minimum Gasteiger partial charge on any atom is -0.349 e. The Balaban J connectivity index is 2.85. The first-order valence-corrected chi connectivity index (χ1v) is 6.30. The lowest BCUT2D eigenvalue weighted by atomic mass is 10.1. The maximum atomic E-state index is 12.9. The normalized spacial score (nSPS) is 11.9. The third kappa shape index (κ3) is 4.48. The molecule has 1 aromatic rings. The van der Waals surface area contributed by atoms with Crippen LogP contribution in [0.25, 0.3) is 0 Å². The SMILES string of the molecule is CC(CCCCl)NC(=O)c1ccc(F)cc1[N+](=O)[O-]. The third-order valence-corrected chi connectivity index (χ3v) is 2.82. The van der Waals surface area contributed by atoms with Crippen molar-refractivity contribution in [1.29, 1.82) is 0 Å². The predicted molar refractivity (Wildman–Crippen MR) is 69.9 cm³/mol. The van der Waals surface area contributed by atoms with E-state index in [1.807, 2.05) is 0 Å². The van der Waals surface area contributed by atoms with Crippen molar-refractivity contribution in [2.75, 3.05) is 5.88 Å². The predicted octanol–water partition coefficient (Wildman–Crippen LogP) is 2.87. The van der Waals surface area contributed by atoms with Crippen molar-refractivity contribution in [3.05, 3.63) is 39.7 Å². The number of nitro benzene ring substituents is 1. The standard InChI is InChI=1S/C12H14ClFN2O3/c1-8(3-2-6-13)15-12(17)10-5-4-9(14)7-11(10)16(18)19/h4-5,7-8H,2-3,6H2,1H3,(H,15,17). The second-order valence-corrected chi connectivity index (χ2v) is 4.50. The molecule has 0 spiro atoms. The number of hydrogen-bond donors (Lipinski definition) is 1. The minimum atomic E-state index is -0.776. The maximum Gasteiger partial charge on any atom is 0.285 e. The van der Waals surface area contributed by atoms with Crippen LogP contribution >= 0.6 is 11.6 Å². The van der Waals surface area contributed by atoms with Gasteiger partial charge >= 0.3 is 0 Å². The Morgan fingerprint density at radius 2 is 2.26 bits per heavy atom. The second kappa shape index (κ2) is 7.04. The first kappa shape index (κ1) is 15.4. The van der Waals surface area contributed by atoms with E-state index in [1.54, 1.807) is 6.92 Å². The van der Waals surface area contributed by atoms with E-state index in [9.17, 15) is 19.3 Å². The van der Waals surface area contributed by atoms with E-state index in [0.717, 1.165) is 24.6 Å². The first-order chi connectivity index (χ1) is 8.95. The molecule has 0 aliphatic heterocycles. The van der Waals surface area contributed by atoms with E-state index in [2.05, 4.69) is 5.32 Å². The van der Waals surface area contributed by atoms with Gasteiger partial charge in [0.2, 0.25) is 0 Å². The highest BCUT2D eigenvalue weighted by atomic mass is 35.5. The molecule has 19 heavy (non-hydrogen) atoms. The van der Waals surface area contributed by atoms with Crippen molar-refractivity contribution in [3.8, 4) is 0 Å². The molecule has 1 unspecified atom stereocenters. The summed E-state index contributed by atoms with van der Waals surface area (Å²) < 4.78 is 12.9. The fraction of sp³-hybridized carbons (Fsp3) is 0.417. The minimum absolute atomic E-state index is 0.149. The lowest BCUT2D eigenvalue weighted by Gasteiger charge is -2.13. The Hall–Kier alpha value is -1.69. The number of rotatable bonds is 6. The van der Waals surface area contributed by atoms with E-state index < -0.39 is 22.3 Å². The summed E-state index contributed by atoms with van der Waals surface area (Å²) in [6, 6.07) is 2.71. The van der Waals surface area contributed by atoms with Gasteiger partial charge in [0.05, 0.1) is 11.0 Å². The van der Waals surface area contributed by atoms with Crippen LogP contribution in [0, 0.1) is 15.9 Å². The summed E-state index contributed by atoms with van der Waals surface area (Å²) in [5.41, 5.74) is -0.689. The number of halogens is 2. The van der Waals surface area contributed by atoms with Crippen LogP contribution in [0.5, 0.6) is 0 Å². The molecule has 1 atom stereocenters. The summed E-state index contributed by atoms with van der Waals surface area (Å²) in [6.45, 7) is 1.78. The van der Waals surface area contributed by atoms with Crippen molar-refractivity contribution in [3.63, 3.8) is 0 Å². The summed E-state index contributed by atoms with van der Waals surface area (Å²) in [6.07, 6.45) is 1.40. The van der Waals surface area contributed by atoms with Crippen LogP contribution < -0.4 is 5.32 Å². The molecular formula is C12H14ClFN2O3. The number of carbonyl (C=O) groups is 1. The van der Waals surface area contributed by atoms with Crippen molar-refractivity contribution < 1.29 is 14.1 Å². The van der Waals surface area contributed by atoms with Gasteiger partial charge in [0, 0.05) is 11.9 Å². The van der Waals surface area contributed by atoms with Crippen molar-refractivity contribution >= 4 is 23.2 Å². The molecule has 1 N–H and O–H groups in total. The molecule has 0 aromatic heterocycles. The highest BCUT2D eigenvalue weighted by Crippen LogP contribution is 2.19. The zero-order chi connectivity index (χ0) is 14.4. The smallest absolute Gasteiger partial charge is 0.285 e. The summed E-state index contributed by atoms with van der Waals surface area (Å²) in [5.74, 6) is -0.858. The van der Waals surface area contributed by atoms with Gasteiger partial charge in [-0.15, -0.1) is 11.6 Å². The molecule has 0 bridgehead atoms. The number of nitro groups is 1. The number of amides is 1. The second-order valence-electron chi connectivity index (χ2n) is 4.12. The summed E-state index contributed by atoms with van der Waals surface area (Å²) in [5, 5.41) is 13.4. The molecule has 0 radical (unpaired) electrons. The van der Waals surface area contributed by atoms with Gasteiger partial charge in [0.25, 0.3) is 11.6 Å². The first-order valence-electron chi connectivity index (χ1n) is 5.76. The average molecular weight is 289 g/mol. The van der Waals surface area contributed by atoms with Crippen LogP contribution in [0.3, 0.4) is 0 Å². The Kier molecular flexibility index (Phi) is 5.69. The van der Waals surface area contributed by atoms with Crippen LogP contribution in [0.2, 0.25) is 0 Å². The van der Waals surface area contributed by atoms with Gasteiger partial charge in [-0.05, 0) is 31.9 Å². The van der Waals surface area contributed by atoms with Gasteiger partial charge in [-0.1, -0.05) is 0 Å². The Morgan fingerprint density at radius 1 is 1.58 bits per heavy atom. The van der Waals surface area contributed by atoms with Crippen LogP contribution in [0.4, 0.5) is 10.1 Å². The van der Waals surface area contributed by atoms with Crippen LogP contribution in [-0.2, 0) is 0 Å². The molecule has 1 aromatic carbocycles. The molecule has 0 saturated heterocycles. The van der Waals surface area contributed by atoms with E-state index in [0.29, 0.717) is 12.3 Å². The lowest BCUT2D eigenvalue weighted by Crippen LogP contribution is -2.33. The number of nitrogens with zero attached hydrogens (tertiary/aromatic N) is 1. The van der Waals surface area contributed by atoms with E-state index in [-0.39, 0.29) is 11.6 Å². The van der Waals surface area contributed by atoms with E-state index >= 15 is 0 Å². The zero-order valence-electron chi connectivity index (χ0n) is 10.4. The van der Waals surface area contributed by atoms with Crippen LogP contribution in [-0.4, -0.2) is 22.8 Å². The van der Waals surface area contributed by atoms with Gasteiger partial charge in [0.1, 0.15) is 11.4 Å². The number of carbonyl (C=O) groups excluding carboxylic acids is 1. The monoisotopic (exact) mass is 288 g/mol. The Bertz CT molecular complexity index is 482. The Labute approximate surface area is 114 Å². The summed E-state index contributed by atoms with van der Waals surface area (Å²) in [7, 11) is 0. The molecule has 0 aliphatic carbocycles. The topological polar surface area (TPSA) is 72.2 Å². The largest absolute Gasteiger partial charge is 0.349 e. The highest BCUT2D eigenvalue weighted by Gasteiger charge is 2.21. The molecule has 0 saturated carbocycles. The lowest BCUT2D eigenvalue weighted by molar-refractivity contribution is -0.385. The molecule has 1 rings (SSSR count). The molecule has 0 fully saturated rings. The van der Waals surface area contributed by atoms with Crippen LogP contribution in [0.1, 0.15) is 30.1 Å². The number of nitrogens with one attached hydrogen (secondary N) is 1. The van der Waals surface area contributed by atoms with Gasteiger partial charge in [-0.3, -0.25) is 14.9 Å². The molecule has 104 valence electrons. The fourth-order valence-electron chi connectivity index (χ4n) is 1.60.